The van der Waals surface area contributed by atoms with Gasteiger partial charge in [0.15, 0.2) is 0 Å². The molecule has 0 unspecified atom stereocenters. The fourth-order valence-electron chi connectivity index (χ4n) is 4.11. The van der Waals surface area contributed by atoms with E-state index < -0.39 is 0 Å². The first-order valence-electron chi connectivity index (χ1n) is 10.4. The number of aromatic nitrogens is 2. The van der Waals surface area contributed by atoms with Crippen molar-refractivity contribution < 1.29 is 0 Å². The summed E-state index contributed by atoms with van der Waals surface area (Å²) in [5, 5.41) is 1.39. The zero-order valence-corrected chi connectivity index (χ0v) is 18.6. The fraction of sp³-hybridized carbons (Fsp3) is 0. The molecule has 6 rings (SSSR count). The van der Waals surface area contributed by atoms with Gasteiger partial charge in [-0.3, -0.25) is 0 Å². The first kappa shape index (κ1) is 19.2. The third-order valence-corrected chi connectivity index (χ3v) is 6.97. The number of nitrogens with zero attached hydrogens (tertiary/aromatic N) is 2. The van der Waals surface area contributed by atoms with Crippen molar-refractivity contribution in [1.29, 1.82) is 0 Å². The van der Waals surface area contributed by atoms with E-state index in [-0.39, 0.29) is 5.28 Å². The summed E-state index contributed by atoms with van der Waals surface area (Å²) >= 11 is 8.07. The summed E-state index contributed by atoms with van der Waals surface area (Å²) in [4.78, 5) is 9.17. The van der Waals surface area contributed by atoms with E-state index in [1.165, 1.54) is 21.4 Å². The number of benzene rings is 4. The standard InChI is InChI=1S/C28H17ClN2S/c29-28-30-25(27-26(31-28)23-14-4-5-15-24(23)32-27)22-13-7-12-21(17-22)20-11-6-10-19(16-20)18-8-2-1-3-9-18/h1-17H. The van der Waals surface area contributed by atoms with Crippen LogP contribution in [0.4, 0.5) is 0 Å². The second kappa shape index (κ2) is 7.86. The molecule has 0 aliphatic heterocycles. The molecular weight excluding hydrogens is 432 g/mol. The highest BCUT2D eigenvalue weighted by Gasteiger charge is 2.15. The van der Waals surface area contributed by atoms with Crippen LogP contribution < -0.4 is 0 Å². The van der Waals surface area contributed by atoms with Crippen LogP contribution in [0.1, 0.15) is 0 Å². The zero-order valence-electron chi connectivity index (χ0n) is 17.0. The second-order valence-corrected chi connectivity index (χ2v) is 9.04. The van der Waals surface area contributed by atoms with Gasteiger partial charge in [0.1, 0.15) is 0 Å². The monoisotopic (exact) mass is 448 g/mol. The van der Waals surface area contributed by atoms with Gasteiger partial charge in [-0.25, -0.2) is 9.97 Å². The average molecular weight is 449 g/mol. The van der Waals surface area contributed by atoms with Crippen molar-refractivity contribution in [1.82, 2.24) is 9.97 Å². The van der Waals surface area contributed by atoms with Gasteiger partial charge in [0, 0.05) is 15.6 Å². The van der Waals surface area contributed by atoms with Crippen molar-refractivity contribution in [3.63, 3.8) is 0 Å². The third-order valence-electron chi connectivity index (χ3n) is 5.63. The molecule has 2 aromatic heterocycles. The van der Waals surface area contributed by atoms with Crippen molar-refractivity contribution in [2.24, 2.45) is 0 Å². The smallest absolute Gasteiger partial charge is 0.216 e. The Morgan fingerprint density at radius 1 is 0.562 bits per heavy atom. The molecule has 0 radical (unpaired) electrons. The van der Waals surface area contributed by atoms with Gasteiger partial charge in [-0.05, 0) is 52.1 Å². The van der Waals surface area contributed by atoms with E-state index in [0.29, 0.717) is 0 Å². The van der Waals surface area contributed by atoms with E-state index >= 15 is 0 Å². The Hall–Kier alpha value is -3.53. The van der Waals surface area contributed by atoms with E-state index in [1.807, 2.05) is 18.2 Å². The van der Waals surface area contributed by atoms with E-state index in [9.17, 15) is 0 Å². The Bertz CT molecular complexity index is 1590. The van der Waals surface area contributed by atoms with Crippen LogP contribution in [-0.2, 0) is 0 Å². The lowest BCUT2D eigenvalue weighted by Crippen LogP contribution is -1.89. The lowest BCUT2D eigenvalue weighted by molar-refractivity contribution is 1.24. The normalized spacial score (nSPS) is 11.3. The maximum absolute atomic E-state index is 6.36. The van der Waals surface area contributed by atoms with Gasteiger partial charge in [0.2, 0.25) is 5.28 Å². The van der Waals surface area contributed by atoms with Crippen LogP contribution in [0.25, 0.3) is 53.8 Å². The topological polar surface area (TPSA) is 25.8 Å². The van der Waals surface area contributed by atoms with E-state index in [1.54, 1.807) is 11.3 Å². The Kier molecular flexibility index (Phi) is 4.71. The number of halogens is 1. The molecule has 0 aliphatic carbocycles. The molecule has 4 aromatic carbocycles. The van der Waals surface area contributed by atoms with Crippen molar-refractivity contribution in [3.05, 3.63) is 108 Å². The van der Waals surface area contributed by atoms with Gasteiger partial charge in [0.05, 0.1) is 15.9 Å². The number of rotatable bonds is 3. The molecular formula is C28H17ClN2S. The minimum Gasteiger partial charge on any atom is -0.216 e. The molecule has 0 atom stereocenters. The lowest BCUT2D eigenvalue weighted by atomic mass is 9.97. The number of hydrogen-bond donors (Lipinski definition) is 0. The van der Waals surface area contributed by atoms with E-state index in [0.717, 1.165) is 32.4 Å². The van der Waals surface area contributed by atoms with Crippen LogP contribution in [0.15, 0.2) is 103 Å². The van der Waals surface area contributed by atoms with Crippen LogP contribution in [0.5, 0.6) is 0 Å². The SMILES string of the molecule is Clc1nc(-c2cccc(-c3cccc(-c4ccccc4)c3)c2)c2sc3ccccc3c2n1. The second-order valence-electron chi connectivity index (χ2n) is 7.64. The Labute approximate surface area is 194 Å². The van der Waals surface area contributed by atoms with Crippen LogP contribution in [0.3, 0.4) is 0 Å². The van der Waals surface area contributed by atoms with Gasteiger partial charge in [-0.2, -0.15) is 0 Å². The summed E-state index contributed by atoms with van der Waals surface area (Å²) < 4.78 is 2.25. The average Bonchev–Trinajstić information content (AvgIpc) is 3.23. The molecule has 0 N–H and O–H groups in total. The van der Waals surface area contributed by atoms with Gasteiger partial charge in [-0.1, -0.05) is 84.9 Å². The van der Waals surface area contributed by atoms with Crippen LogP contribution in [-0.4, -0.2) is 9.97 Å². The van der Waals surface area contributed by atoms with Gasteiger partial charge >= 0.3 is 0 Å². The number of fused-ring (bicyclic) bond motifs is 3. The maximum atomic E-state index is 6.36. The molecule has 2 heterocycles. The van der Waals surface area contributed by atoms with E-state index in [4.69, 9.17) is 11.6 Å². The molecule has 32 heavy (non-hydrogen) atoms. The van der Waals surface area contributed by atoms with Crippen LogP contribution in [0, 0.1) is 0 Å². The molecule has 0 fully saturated rings. The Morgan fingerprint density at radius 2 is 1.16 bits per heavy atom. The minimum absolute atomic E-state index is 0.271. The maximum Gasteiger partial charge on any atom is 0.223 e. The Morgan fingerprint density at radius 3 is 1.94 bits per heavy atom. The third kappa shape index (κ3) is 3.36. The molecule has 6 aromatic rings. The number of thiophene rings is 1. The van der Waals surface area contributed by atoms with Crippen LogP contribution >= 0.6 is 22.9 Å². The summed E-state index contributed by atoms with van der Waals surface area (Å²) in [5.41, 5.74) is 7.54. The molecule has 152 valence electrons. The first-order valence-corrected chi connectivity index (χ1v) is 11.6. The summed E-state index contributed by atoms with van der Waals surface area (Å²) in [6.07, 6.45) is 0. The summed E-state index contributed by atoms with van der Waals surface area (Å²) in [7, 11) is 0. The summed E-state index contributed by atoms with van der Waals surface area (Å²) in [5.74, 6) is 0. The molecule has 0 saturated heterocycles. The molecule has 0 bridgehead atoms. The van der Waals surface area contributed by atoms with Crippen LogP contribution in [0.2, 0.25) is 5.28 Å². The predicted octanol–water partition coefficient (Wildman–Crippen LogP) is 8.50. The highest BCUT2D eigenvalue weighted by atomic mass is 35.5. The van der Waals surface area contributed by atoms with Gasteiger partial charge < -0.3 is 0 Å². The van der Waals surface area contributed by atoms with Crippen molar-refractivity contribution >= 4 is 43.2 Å². The summed E-state index contributed by atoms with van der Waals surface area (Å²) in [6, 6.07) is 35.9. The largest absolute Gasteiger partial charge is 0.223 e. The quantitative estimate of drug-likeness (QED) is 0.253. The van der Waals surface area contributed by atoms with Crippen molar-refractivity contribution in [2.75, 3.05) is 0 Å². The molecule has 0 amide bonds. The molecule has 0 spiro atoms. The lowest BCUT2D eigenvalue weighted by Gasteiger charge is -2.09. The van der Waals surface area contributed by atoms with Crippen molar-refractivity contribution in [3.8, 4) is 33.5 Å². The first-order chi connectivity index (χ1) is 15.8. The minimum atomic E-state index is 0.271. The van der Waals surface area contributed by atoms with E-state index in [2.05, 4.69) is 94.9 Å². The fourth-order valence-corrected chi connectivity index (χ4v) is 5.44. The van der Waals surface area contributed by atoms with Gasteiger partial charge in [-0.15, -0.1) is 11.3 Å². The van der Waals surface area contributed by atoms with Crippen molar-refractivity contribution in [2.45, 2.75) is 0 Å². The highest BCUT2D eigenvalue weighted by Crippen LogP contribution is 2.39. The number of hydrogen-bond acceptors (Lipinski definition) is 3. The molecule has 0 saturated carbocycles. The highest BCUT2D eigenvalue weighted by molar-refractivity contribution is 7.26. The predicted molar refractivity (Wildman–Crippen MR) is 136 cm³/mol. The summed E-state index contributed by atoms with van der Waals surface area (Å²) in [6.45, 7) is 0. The molecule has 4 heteroatoms. The molecule has 0 aliphatic rings. The van der Waals surface area contributed by atoms with Gasteiger partial charge in [0.25, 0.3) is 0 Å². The Balaban J connectivity index is 1.50. The zero-order chi connectivity index (χ0) is 21.5. The molecule has 2 nitrogen and oxygen atoms in total.